The Bertz CT molecular complexity index is 164. The molecule has 0 amide bonds. The molecule has 1 aliphatic carbocycles. The summed E-state index contributed by atoms with van der Waals surface area (Å²) in [5, 5.41) is 9.53. The lowest BCUT2D eigenvalue weighted by Gasteiger charge is -2.18. The van der Waals surface area contributed by atoms with Crippen molar-refractivity contribution in [3.8, 4) is 0 Å². The molecule has 2 rings (SSSR count). The minimum atomic E-state index is -0.655. The summed E-state index contributed by atoms with van der Waals surface area (Å²) in [6, 6.07) is 0. The summed E-state index contributed by atoms with van der Waals surface area (Å²) in [6.07, 6.45) is -0.221. The number of nitrogens with two attached hydrogens (primary N) is 1. The summed E-state index contributed by atoms with van der Waals surface area (Å²) in [7, 11) is 0. The summed E-state index contributed by atoms with van der Waals surface area (Å²) < 4.78 is 10.4. The zero-order chi connectivity index (χ0) is 8.01. The fraction of sp³-hybridized carbons (Fsp3) is 1.00. The van der Waals surface area contributed by atoms with Gasteiger partial charge in [-0.1, -0.05) is 0 Å². The van der Waals surface area contributed by atoms with Crippen molar-refractivity contribution in [1.82, 2.24) is 0 Å². The third-order valence-electron chi connectivity index (χ3n) is 2.36. The molecule has 4 unspecified atom stereocenters. The summed E-state index contributed by atoms with van der Waals surface area (Å²) in [5.74, 6) is 0.249. The zero-order valence-electron chi connectivity index (χ0n) is 6.43. The molecule has 5 atom stereocenters. The van der Waals surface area contributed by atoms with Crippen molar-refractivity contribution in [3.63, 3.8) is 0 Å². The monoisotopic (exact) mass is 159 g/mol. The molecule has 0 aromatic rings. The van der Waals surface area contributed by atoms with Gasteiger partial charge in [-0.25, -0.2) is 0 Å². The number of aliphatic hydroxyl groups is 1. The Morgan fingerprint density at radius 3 is 2.91 bits per heavy atom. The molecule has 3 N–H and O–H groups in total. The van der Waals surface area contributed by atoms with Crippen LogP contribution in [0.4, 0.5) is 0 Å². The Labute approximate surface area is 65.3 Å². The molecule has 4 nitrogen and oxygen atoms in total. The quantitative estimate of drug-likeness (QED) is 0.496. The molecule has 1 saturated heterocycles. The van der Waals surface area contributed by atoms with Gasteiger partial charge in [0, 0.05) is 5.92 Å². The largest absolute Gasteiger partial charge is 0.390 e. The Balaban J connectivity index is 2.04. The summed E-state index contributed by atoms with van der Waals surface area (Å²) >= 11 is 0. The smallest absolute Gasteiger partial charge is 0.214 e. The van der Waals surface area contributed by atoms with E-state index in [9.17, 15) is 5.11 Å². The van der Waals surface area contributed by atoms with Gasteiger partial charge in [-0.05, 0) is 13.3 Å². The van der Waals surface area contributed by atoms with Gasteiger partial charge < -0.3 is 14.6 Å². The SMILES string of the molecule is CC1OC(N)O[C@H]2CC2C1O. The van der Waals surface area contributed by atoms with Crippen LogP contribution in [0, 0.1) is 5.92 Å². The first kappa shape index (κ1) is 7.49. The number of rotatable bonds is 0. The molecule has 64 valence electrons. The number of ether oxygens (including phenoxy) is 2. The van der Waals surface area contributed by atoms with Crippen LogP contribution < -0.4 is 5.73 Å². The third-order valence-corrected chi connectivity index (χ3v) is 2.36. The van der Waals surface area contributed by atoms with Crippen LogP contribution in [-0.2, 0) is 9.47 Å². The number of fused-ring (bicyclic) bond motifs is 1. The van der Waals surface area contributed by atoms with Crippen molar-refractivity contribution >= 4 is 0 Å². The van der Waals surface area contributed by atoms with Gasteiger partial charge in [0.15, 0.2) is 0 Å². The van der Waals surface area contributed by atoms with E-state index < -0.39 is 12.5 Å². The third kappa shape index (κ3) is 1.27. The van der Waals surface area contributed by atoms with E-state index in [0.29, 0.717) is 0 Å². The molecule has 0 aromatic carbocycles. The van der Waals surface area contributed by atoms with E-state index in [1.165, 1.54) is 0 Å². The average Bonchev–Trinajstić information content (AvgIpc) is 2.64. The van der Waals surface area contributed by atoms with Crippen molar-refractivity contribution < 1.29 is 14.6 Å². The van der Waals surface area contributed by atoms with Gasteiger partial charge in [0.1, 0.15) is 0 Å². The zero-order valence-corrected chi connectivity index (χ0v) is 6.43. The minimum absolute atomic E-state index is 0.130. The van der Waals surface area contributed by atoms with Gasteiger partial charge in [0.2, 0.25) is 6.41 Å². The highest BCUT2D eigenvalue weighted by Crippen LogP contribution is 2.41. The van der Waals surface area contributed by atoms with E-state index in [-0.39, 0.29) is 18.1 Å². The number of aliphatic hydroxyl groups excluding tert-OH is 1. The van der Waals surface area contributed by atoms with Crippen LogP contribution in [0.25, 0.3) is 0 Å². The molecule has 2 aliphatic rings. The van der Waals surface area contributed by atoms with Crippen LogP contribution in [0.5, 0.6) is 0 Å². The molecule has 1 heterocycles. The van der Waals surface area contributed by atoms with Gasteiger partial charge >= 0.3 is 0 Å². The van der Waals surface area contributed by atoms with Gasteiger partial charge in [-0.2, -0.15) is 0 Å². The number of hydrogen-bond donors (Lipinski definition) is 2. The maximum Gasteiger partial charge on any atom is 0.214 e. The molecule has 0 spiro atoms. The molecule has 1 saturated carbocycles. The number of hydrogen-bond acceptors (Lipinski definition) is 4. The van der Waals surface area contributed by atoms with Crippen LogP contribution in [0.1, 0.15) is 13.3 Å². The first-order valence-electron chi connectivity index (χ1n) is 3.93. The second kappa shape index (κ2) is 2.42. The lowest BCUT2D eigenvalue weighted by molar-refractivity contribution is -0.169. The molecular weight excluding hydrogens is 146 g/mol. The second-order valence-electron chi connectivity index (χ2n) is 3.27. The minimum Gasteiger partial charge on any atom is -0.390 e. The van der Waals surface area contributed by atoms with Crippen molar-refractivity contribution in [2.45, 2.75) is 38.1 Å². The highest BCUT2D eigenvalue weighted by atomic mass is 16.7. The lowest BCUT2D eigenvalue weighted by Crippen LogP contribution is -2.34. The molecular formula is C7H13NO3. The molecule has 2 fully saturated rings. The molecule has 4 heteroatoms. The Morgan fingerprint density at radius 2 is 2.18 bits per heavy atom. The fourth-order valence-electron chi connectivity index (χ4n) is 1.55. The lowest BCUT2D eigenvalue weighted by atomic mass is 10.1. The van der Waals surface area contributed by atoms with E-state index in [2.05, 4.69) is 0 Å². The first-order valence-corrected chi connectivity index (χ1v) is 3.93. The van der Waals surface area contributed by atoms with Gasteiger partial charge in [0.05, 0.1) is 18.3 Å². The van der Waals surface area contributed by atoms with Gasteiger partial charge in [0.25, 0.3) is 0 Å². The Morgan fingerprint density at radius 1 is 1.45 bits per heavy atom. The van der Waals surface area contributed by atoms with Crippen LogP contribution in [0.2, 0.25) is 0 Å². The van der Waals surface area contributed by atoms with Crippen LogP contribution in [0.3, 0.4) is 0 Å². The van der Waals surface area contributed by atoms with E-state index in [0.717, 1.165) is 6.42 Å². The van der Waals surface area contributed by atoms with E-state index in [1.807, 2.05) is 6.92 Å². The standard InChI is InChI=1S/C7H13NO3/c1-3-6(9)4-2-5(4)11-7(8)10-3/h3-7,9H,2,8H2,1H3/t3?,4?,5-,6?,7?/m0/s1. The van der Waals surface area contributed by atoms with Crippen LogP contribution in [0.15, 0.2) is 0 Å². The van der Waals surface area contributed by atoms with Crippen LogP contribution in [-0.4, -0.2) is 29.8 Å². The van der Waals surface area contributed by atoms with E-state index in [1.54, 1.807) is 0 Å². The summed E-state index contributed by atoms with van der Waals surface area (Å²) in [4.78, 5) is 0. The first-order chi connectivity index (χ1) is 5.18. The Kier molecular flexibility index (Phi) is 1.64. The molecule has 11 heavy (non-hydrogen) atoms. The predicted molar refractivity (Wildman–Crippen MR) is 37.5 cm³/mol. The molecule has 0 bridgehead atoms. The maximum absolute atomic E-state index is 9.53. The van der Waals surface area contributed by atoms with Crippen molar-refractivity contribution in [3.05, 3.63) is 0 Å². The van der Waals surface area contributed by atoms with Gasteiger partial charge in [-0.3, -0.25) is 5.73 Å². The average molecular weight is 159 g/mol. The van der Waals surface area contributed by atoms with E-state index >= 15 is 0 Å². The van der Waals surface area contributed by atoms with Crippen LogP contribution >= 0.6 is 0 Å². The normalized spacial score (nSPS) is 56.5. The predicted octanol–water partition coefficient (Wildman–Crippen LogP) is -0.587. The fourth-order valence-corrected chi connectivity index (χ4v) is 1.55. The van der Waals surface area contributed by atoms with Crippen molar-refractivity contribution in [2.75, 3.05) is 0 Å². The van der Waals surface area contributed by atoms with Gasteiger partial charge in [-0.15, -0.1) is 0 Å². The summed E-state index contributed by atoms with van der Waals surface area (Å²) in [5.41, 5.74) is 5.45. The molecule has 0 aromatic heterocycles. The maximum atomic E-state index is 9.53. The summed E-state index contributed by atoms with van der Waals surface area (Å²) in [6.45, 7) is 1.81. The molecule has 1 aliphatic heterocycles. The highest BCUT2D eigenvalue weighted by Gasteiger charge is 2.49. The topological polar surface area (TPSA) is 64.7 Å². The van der Waals surface area contributed by atoms with E-state index in [4.69, 9.17) is 15.2 Å². The second-order valence-corrected chi connectivity index (χ2v) is 3.27. The Hall–Kier alpha value is -0.160. The van der Waals surface area contributed by atoms with Crippen molar-refractivity contribution in [2.24, 2.45) is 11.7 Å². The van der Waals surface area contributed by atoms with Crippen molar-refractivity contribution in [1.29, 1.82) is 0 Å². The molecule has 0 radical (unpaired) electrons. The highest BCUT2D eigenvalue weighted by molar-refractivity contribution is 4.96.